The fraction of sp³-hybridized carbons (Fsp3) is 0.400. The van der Waals surface area contributed by atoms with Crippen LogP contribution in [-0.4, -0.2) is 69.5 Å². The van der Waals surface area contributed by atoms with Gasteiger partial charge in [0, 0.05) is 61.3 Å². The van der Waals surface area contributed by atoms with E-state index >= 15 is 0 Å². The molecule has 32 heavy (non-hydrogen) atoms. The van der Waals surface area contributed by atoms with Crippen LogP contribution >= 0.6 is 0 Å². The number of anilines is 3. The second kappa shape index (κ2) is 8.84. The first-order valence-corrected chi connectivity index (χ1v) is 11.1. The fourth-order valence-electron chi connectivity index (χ4n) is 4.86. The van der Waals surface area contributed by atoms with Gasteiger partial charge in [-0.05, 0) is 49.9 Å². The molecule has 1 N–H and O–H groups in total. The predicted octanol–water partition coefficient (Wildman–Crippen LogP) is 3.90. The van der Waals surface area contributed by atoms with Gasteiger partial charge in [0.2, 0.25) is 0 Å². The molecule has 3 heterocycles. The molecule has 0 radical (unpaired) electrons. The highest BCUT2D eigenvalue weighted by Gasteiger charge is 2.41. The standard InChI is InChI=1S/C25H30N4O3/c1-28-15-19-12-18(28)16-29(19)17-4-6-21-22(8-9-26-24(21)13-17)27-23-7-5-20(14-25(23)31-3)32-11-10-30-2/h4-9,13-14,18-19H,10-12,15-16H2,1-3H3,(H,26,27). The van der Waals surface area contributed by atoms with Crippen molar-refractivity contribution in [2.75, 3.05) is 57.8 Å². The molecule has 3 aromatic rings. The molecular formula is C25H30N4O3. The van der Waals surface area contributed by atoms with Gasteiger partial charge in [-0.3, -0.25) is 9.88 Å². The quantitative estimate of drug-likeness (QED) is 0.540. The number of piperazine rings is 1. The molecule has 2 aromatic carbocycles. The van der Waals surface area contributed by atoms with Gasteiger partial charge in [-0.2, -0.15) is 0 Å². The molecular weight excluding hydrogens is 404 g/mol. The van der Waals surface area contributed by atoms with Crippen molar-refractivity contribution in [2.45, 2.75) is 18.5 Å². The number of likely N-dealkylation sites (N-methyl/N-ethyl adjacent to an activating group) is 1. The van der Waals surface area contributed by atoms with E-state index in [0.29, 0.717) is 25.3 Å². The third-order valence-electron chi connectivity index (χ3n) is 6.57. The highest BCUT2D eigenvalue weighted by molar-refractivity contribution is 5.95. The van der Waals surface area contributed by atoms with Gasteiger partial charge in [0.15, 0.2) is 0 Å². The number of nitrogens with one attached hydrogen (secondary N) is 1. The number of nitrogens with zero attached hydrogens (tertiary/aromatic N) is 3. The van der Waals surface area contributed by atoms with Gasteiger partial charge in [-0.1, -0.05) is 0 Å². The minimum atomic E-state index is 0.499. The van der Waals surface area contributed by atoms with E-state index in [1.54, 1.807) is 14.2 Å². The molecule has 2 saturated heterocycles. The summed E-state index contributed by atoms with van der Waals surface area (Å²) in [6.07, 6.45) is 3.11. The van der Waals surface area contributed by atoms with Crippen LogP contribution in [0.25, 0.3) is 10.9 Å². The Bertz CT molecular complexity index is 1100. The number of benzene rings is 2. The molecule has 7 nitrogen and oxygen atoms in total. The van der Waals surface area contributed by atoms with Gasteiger partial charge >= 0.3 is 0 Å². The number of ether oxygens (including phenoxy) is 3. The van der Waals surface area contributed by atoms with Gasteiger partial charge in [0.25, 0.3) is 0 Å². The zero-order valence-electron chi connectivity index (χ0n) is 18.9. The van der Waals surface area contributed by atoms with E-state index in [-0.39, 0.29) is 0 Å². The zero-order valence-corrected chi connectivity index (χ0v) is 18.9. The lowest BCUT2D eigenvalue weighted by Crippen LogP contribution is -2.44. The maximum absolute atomic E-state index is 5.70. The molecule has 5 rings (SSSR count). The average Bonchev–Trinajstić information content (AvgIpc) is 3.39. The van der Waals surface area contributed by atoms with E-state index in [2.05, 4.69) is 45.3 Å². The third-order valence-corrected chi connectivity index (χ3v) is 6.57. The largest absolute Gasteiger partial charge is 0.494 e. The maximum atomic E-state index is 5.70. The average molecular weight is 435 g/mol. The van der Waals surface area contributed by atoms with Crippen LogP contribution in [0.2, 0.25) is 0 Å². The number of hydrogen-bond acceptors (Lipinski definition) is 7. The highest BCUT2D eigenvalue weighted by atomic mass is 16.5. The van der Waals surface area contributed by atoms with Crippen molar-refractivity contribution in [3.63, 3.8) is 0 Å². The van der Waals surface area contributed by atoms with E-state index in [4.69, 9.17) is 14.2 Å². The van der Waals surface area contributed by atoms with Crippen LogP contribution in [0.1, 0.15) is 6.42 Å². The minimum Gasteiger partial charge on any atom is -0.494 e. The second-order valence-corrected chi connectivity index (χ2v) is 8.52. The summed E-state index contributed by atoms with van der Waals surface area (Å²) in [5, 5.41) is 4.60. The first-order valence-electron chi connectivity index (χ1n) is 11.1. The first kappa shape index (κ1) is 20.8. The Morgan fingerprint density at radius 1 is 1.00 bits per heavy atom. The summed E-state index contributed by atoms with van der Waals surface area (Å²) in [5.41, 5.74) is 4.12. The Labute approximate surface area is 188 Å². The summed E-state index contributed by atoms with van der Waals surface area (Å²) in [6, 6.07) is 15.7. The Morgan fingerprint density at radius 3 is 2.66 bits per heavy atom. The van der Waals surface area contributed by atoms with E-state index < -0.39 is 0 Å². The molecule has 2 bridgehead atoms. The maximum Gasteiger partial charge on any atom is 0.145 e. The van der Waals surface area contributed by atoms with Crippen molar-refractivity contribution in [2.24, 2.45) is 0 Å². The topological polar surface area (TPSA) is 59.1 Å². The number of aromatic nitrogens is 1. The highest BCUT2D eigenvalue weighted by Crippen LogP contribution is 2.37. The van der Waals surface area contributed by atoms with E-state index in [1.165, 1.54) is 12.1 Å². The Hall–Kier alpha value is -3.03. The number of fused-ring (bicyclic) bond motifs is 3. The van der Waals surface area contributed by atoms with Crippen LogP contribution in [-0.2, 0) is 4.74 Å². The lowest BCUT2D eigenvalue weighted by molar-refractivity contribution is 0.146. The van der Waals surface area contributed by atoms with Gasteiger partial charge in [-0.25, -0.2) is 0 Å². The zero-order chi connectivity index (χ0) is 22.1. The molecule has 0 spiro atoms. The lowest BCUT2D eigenvalue weighted by atomic mass is 10.1. The number of methoxy groups -OCH3 is 2. The third kappa shape index (κ3) is 3.94. The van der Waals surface area contributed by atoms with Crippen LogP contribution in [0.4, 0.5) is 17.1 Å². The van der Waals surface area contributed by atoms with Crippen molar-refractivity contribution in [3.8, 4) is 11.5 Å². The van der Waals surface area contributed by atoms with Gasteiger partial charge in [0.05, 0.1) is 24.9 Å². The SMILES string of the molecule is COCCOc1ccc(Nc2ccnc3cc(N4CC5CC4CN5C)ccc23)c(OC)c1. The summed E-state index contributed by atoms with van der Waals surface area (Å²) in [5.74, 6) is 1.47. The summed E-state index contributed by atoms with van der Waals surface area (Å²) in [6.45, 7) is 3.28. The molecule has 1 aromatic heterocycles. The Kier molecular flexibility index (Phi) is 5.76. The molecule has 168 valence electrons. The second-order valence-electron chi connectivity index (χ2n) is 8.52. The molecule has 2 aliphatic heterocycles. The monoisotopic (exact) mass is 434 g/mol. The minimum absolute atomic E-state index is 0.499. The van der Waals surface area contributed by atoms with Crippen LogP contribution in [0.5, 0.6) is 11.5 Å². The van der Waals surface area contributed by atoms with Crippen LogP contribution in [0.15, 0.2) is 48.7 Å². The molecule has 2 unspecified atom stereocenters. The summed E-state index contributed by atoms with van der Waals surface area (Å²) in [4.78, 5) is 9.67. The van der Waals surface area contributed by atoms with Gasteiger partial charge in [-0.15, -0.1) is 0 Å². The molecule has 2 atom stereocenters. The predicted molar refractivity (Wildman–Crippen MR) is 128 cm³/mol. The molecule has 0 aliphatic carbocycles. The Balaban J connectivity index is 1.38. The van der Waals surface area contributed by atoms with Crippen molar-refractivity contribution in [3.05, 3.63) is 48.7 Å². The number of rotatable bonds is 8. The summed E-state index contributed by atoms with van der Waals surface area (Å²) in [7, 11) is 5.55. The number of hydrogen-bond donors (Lipinski definition) is 1. The van der Waals surface area contributed by atoms with Crippen LogP contribution in [0.3, 0.4) is 0 Å². The van der Waals surface area contributed by atoms with Crippen LogP contribution in [0, 0.1) is 0 Å². The van der Waals surface area contributed by atoms with Gasteiger partial charge < -0.3 is 24.4 Å². The van der Waals surface area contributed by atoms with Crippen molar-refractivity contribution >= 4 is 28.0 Å². The van der Waals surface area contributed by atoms with Crippen molar-refractivity contribution in [1.29, 1.82) is 0 Å². The van der Waals surface area contributed by atoms with Crippen molar-refractivity contribution in [1.82, 2.24) is 9.88 Å². The number of pyridine rings is 1. The summed E-state index contributed by atoms with van der Waals surface area (Å²) >= 11 is 0. The molecule has 0 amide bonds. The fourth-order valence-corrected chi connectivity index (χ4v) is 4.86. The molecule has 7 heteroatoms. The number of likely N-dealkylation sites (tertiary alicyclic amines) is 1. The van der Waals surface area contributed by atoms with E-state index in [9.17, 15) is 0 Å². The Morgan fingerprint density at radius 2 is 1.91 bits per heavy atom. The first-order chi connectivity index (χ1) is 15.7. The normalized spacial score (nSPS) is 20.2. The van der Waals surface area contributed by atoms with Gasteiger partial charge in [0.1, 0.15) is 18.1 Å². The smallest absolute Gasteiger partial charge is 0.145 e. The summed E-state index contributed by atoms with van der Waals surface area (Å²) < 4.78 is 16.3. The lowest BCUT2D eigenvalue weighted by Gasteiger charge is -2.33. The van der Waals surface area contributed by atoms with Crippen LogP contribution < -0.4 is 19.7 Å². The molecule has 2 fully saturated rings. The van der Waals surface area contributed by atoms with Crippen molar-refractivity contribution < 1.29 is 14.2 Å². The molecule has 0 saturated carbocycles. The molecule has 2 aliphatic rings. The van der Waals surface area contributed by atoms with E-state index in [1.807, 2.05) is 30.5 Å². The van der Waals surface area contributed by atoms with E-state index in [0.717, 1.165) is 46.9 Å².